The van der Waals surface area contributed by atoms with E-state index in [1.165, 1.54) is 54.8 Å². The number of fused-ring (bicyclic) bond motifs is 5. The summed E-state index contributed by atoms with van der Waals surface area (Å²) in [6.07, 6.45) is 0. The van der Waals surface area contributed by atoms with Gasteiger partial charge in [0.2, 0.25) is 0 Å². The summed E-state index contributed by atoms with van der Waals surface area (Å²) in [5.74, 6) is 0. The molecule has 0 amide bonds. The molecule has 2 heteroatoms. The topological polar surface area (TPSA) is 8.17 Å². The van der Waals surface area contributed by atoms with Crippen molar-refractivity contribution in [1.29, 1.82) is 0 Å². The molecule has 0 aliphatic carbocycles. The molecule has 0 saturated carbocycles. The number of para-hydroxylation sites is 2. The second-order valence-corrected chi connectivity index (χ2v) is 12.2. The lowest BCUT2D eigenvalue weighted by Crippen LogP contribution is -2.10. The average molecular weight is 613 g/mol. The highest BCUT2D eigenvalue weighted by Gasteiger charge is 2.23. The maximum Gasteiger partial charge on any atom is 0.0640 e. The van der Waals surface area contributed by atoms with E-state index in [0.717, 1.165) is 22.7 Å². The van der Waals surface area contributed by atoms with Crippen LogP contribution in [-0.4, -0.2) is 4.57 Å². The van der Waals surface area contributed by atoms with Crippen LogP contribution < -0.4 is 4.90 Å². The summed E-state index contributed by atoms with van der Waals surface area (Å²) in [5.41, 5.74) is 11.7. The third-order valence-electron chi connectivity index (χ3n) is 9.34. The van der Waals surface area contributed by atoms with Crippen LogP contribution in [0.15, 0.2) is 194 Å². The maximum atomic E-state index is 2.46. The van der Waals surface area contributed by atoms with Gasteiger partial charge in [-0.1, -0.05) is 146 Å². The highest BCUT2D eigenvalue weighted by molar-refractivity contribution is 6.25. The summed E-state index contributed by atoms with van der Waals surface area (Å²) >= 11 is 0. The Hall–Kier alpha value is -6.38. The normalized spacial score (nSPS) is 11.3. The molecule has 9 rings (SSSR count). The molecule has 0 aliphatic rings. The molecule has 0 fully saturated rings. The van der Waals surface area contributed by atoms with Crippen molar-refractivity contribution in [2.24, 2.45) is 0 Å². The summed E-state index contributed by atoms with van der Waals surface area (Å²) in [5, 5.41) is 4.87. The van der Waals surface area contributed by atoms with E-state index >= 15 is 0 Å². The number of anilines is 3. The number of hydrogen-bond acceptors (Lipinski definition) is 1. The van der Waals surface area contributed by atoms with E-state index in [1.807, 2.05) is 0 Å². The van der Waals surface area contributed by atoms with Gasteiger partial charge in [0.15, 0.2) is 0 Å². The van der Waals surface area contributed by atoms with Gasteiger partial charge in [0.05, 0.1) is 16.7 Å². The van der Waals surface area contributed by atoms with Gasteiger partial charge in [-0.3, -0.25) is 0 Å². The van der Waals surface area contributed by atoms with Crippen LogP contribution in [0.3, 0.4) is 0 Å². The Morgan fingerprint density at radius 3 is 1.58 bits per heavy atom. The van der Waals surface area contributed by atoms with Crippen molar-refractivity contribution in [1.82, 2.24) is 4.57 Å². The molecule has 1 aromatic heterocycles. The van der Waals surface area contributed by atoms with Crippen molar-refractivity contribution in [2.45, 2.75) is 0 Å². The van der Waals surface area contributed by atoms with Crippen LogP contribution in [0.1, 0.15) is 0 Å². The summed E-state index contributed by atoms with van der Waals surface area (Å²) in [7, 11) is 0. The monoisotopic (exact) mass is 612 g/mol. The molecule has 2 nitrogen and oxygen atoms in total. The fraction of sp³-hybridized carbons (Fsp3) is 0. The molecule has 9 aromatic rings. The third kappa shape index (κ3) is 4.74. The van der Waals surface area contributed by atoms with Gasteiger partial charge in [0.1, 0.15) is 0 Å². The number of aromatic nitrogens is 1. The predicted octanol–water partition coefficient (Wildman–Crippen LogP) is 12.7. The smallest absolute Gasteiger partial charge is 0.0640 e. The van der Waals surface area contributed by atoms with Gasteiger partial charge in [0.25, 0.3) is 0 Å². The minimum absolute atomic E-state index is 1.11. The molecule has 226 valence electrons. The second-order valence-electron chi connectivity index (χ2n) is 12.2. The molecule has 0 aliphatic heterocycles. The van der Waals surface area contributed by atoms with Crippen LogP contribution in [0.25, 0.3) is 60.5 Å². The first-order chi connectivity index (χ1) is 23.8. The minimum Gasteiger partial charge on any atom is -0.310 e. The van der Waals surface area contributed by atoms with E-state index in [2.05, 4.69) is 204 Å². The Labute approximate surface area is 280 Å². The van der Waals surface area contributed by atoms with Gasteiger partial charge in [-0.15, -0.1) is 0 Å². The first-order valence-electron chi connectivity index (χ1n) is 16.4. The first kappa shape index (κ1) is 27.9. The zero-order valence-corrected chi connectivity index (χ0v) is 26.4. The molecule has 0 unspecified atom stereocenters. The van der Waals surface area contributed by atoms with Crippen LogP contribution in [0.2, 0.25) is 0 Å². The van der Waals surface area contributed by atoms with Crippen molar-refractivity contribution in [2.75, 3.05) is 4.90 Å². The summed E-state index contributed by atoms with van der Waals surface area (Å²) in [4.78, 5) is 2.42. The minimum atomic E-state index is 1.11. The van der Waals surface area contributed by atoms with Gasteiger partial charge in [-0.05, 0) is 76.2 Å². The van der Waals surface area contributed by atoms with Crippen molar-refractivity contribution in [3.63, 3.8) is 0 Å². The quantitative estimate of drug-likeness (QED) is 0.181. The molecule has 1 heterocycles. The molecular weight excluding hydrogens is 581 g/mol. The Balaban J connectivity index is 1.39. The first-order valence-corrected chi connectivity index (χ1v) is 16.4. The molecule has 8 aromatic carbocycles. The Morgan fingerprint density at radius 2 is 0.896 bits per heavy atom. The molecular formula is C46H32N2. The van der Waals surface area contributed by atoms with E-state index in [9.17, 15) is 0 Å². The fourth-order valence-electron chi connectivity index (χ4n) is 7.13. The lowest BCUT2D eigenvalue weighted by atomic mass is 9.99. The number of nitrogens with zero attached hydrogens (tertiary/aromatic N) is 2. The van der Waals surface area contributed by atoms with Crippen molar-refractivity contribution >= 4 is 49.6 Å². The fourth-order valence-corrected chi connectivity index (χ4v) is 7.13. The number of hydrogen-bond donors (Lipinski definition) is 0. The molecule has 0 spiro atoms. The van der Waals surface area contributed by atoms with Gasteiger partial charge in [-0.25, -0.2) is 0 Å². The molecule has 0 bridgehead atoms. The molecule has 48 heavy (non-hydrogen) atoms. The van der Waals surface area contributed by atoms with E-state index in [1.54, 1.807) is 0 Å². The zero-order valence-electron chi connectivity index (χ0n) is 26.4. The summed E-state index contributed by atoms with van der Waals surface area (Å²) in [6, 6.07) is 69.9. The van der Waals surface area contributed by atoms with Crippen molar-refractivity contribution in [3.8, 4) is 27.9 Å². The van der Waals surface area contributed by atoms with Gasteiger partial charge in [0, 0.05) is 33.2 Å². The summed E-state index contributed by atoms with van der Waals surface area (Å²) < 4.78 is 2.46. The van der Waals surface area contributed by atoms with Gasteiger partial charge in [-0.2, -0.15) is 0 Å². The largest absolute Gasteiger partial charge is 0.310 e. The summed E-state index contributed by atoms with van der Waals surface area (Å²) in [6.45, 7) is 0. The van der Waals surface area contributed by atoms with E-state index in [0.29, 0.717) is 0 Å². The van der Waals surface area contributed by atoms with Gasteiger partial charge < -0.3 is 9.47 Å². The number of benzene rings is 8. The SMILES string of the molecule is c1ccc(-c2ccc(N(c3ccccc3)c3cc4ccccc4c4c3c3ccc(-c5ccccc5)cc3n4-c3ccccc3)cc2)cc1. The van der Waals surface area contributed by atoms with E-state index < -0.39 is 0 Å². The van der Waals surface area contributed by atoms with Crippen LogP contribution in [0.5, 0.6) is 0 Å². The standard InChI is InChI=1S/C46H32N2/c1-5-15-33(16-6-1)35-25-28-40(29-26-35)47(38-20-9-3-10-21-38)44-32-37-19-13-14-24-41(37)46-45(44)42-30-27-36(34-17-7-2-8-18-34)31-43(42)48(46)39-22-11-4-12-23-39/h1-32H. The van der Waals surface area contributed by atoms with E-state index in [-0.39, 0.29) is 0 Å². The molecule has 0 N–H and O–H groups in total. The Morgan fingerprint density at radius 1 is 0.375 bits per heavy atom. The van der Waals surface area contributed by atoms with Crippen LogP contribution >= 0.6 is 0 Å². The lowest BCUT2D eigenvalue weighted by Gasteiger charge is -2.27. The average Bonchev–Trinajstić information content (AvgIpc) is 3.52. The maximum absolute atomic E-state index is 2.46. The second kappa shape index (κ2) is 11.8. The number of rotatable bonds is 6. The zero-order chi connectivity index (χ0) is 31.9. The van der Waals surface area contributed by atoms with Crippen LogP contribution in [-0.2, 0) is 0 Å². The van der Waals surface area contributed by atoms with Crippen LogP contribution in [0.4, 0.5) is 17.1 Å². The lowest BCUT2D eigenvalue weighted by molar-refractivity contribution is 1.19. The van der Waals surface area contributed by atoms with Gasteiger partial charge >= 0.3 is 0 Å². The molecule has 0 radical (unpaired) electrons. The Bertz CT molecular complexity index is 2520. The van der Waals surface area contributed by atoms with Crippen LogP contribution in [0, 0.1) is 0 Å². The predicted molar refractivity (Wildman–Crippen MR) is 204 cm³/mol. The van der Waals surface area contributed by atoms with Crippen molar-refractivity contribution < 1.29 is 0 Å². The Kier molecular flexibility index (Phi) is 6.84. The van der Waals surface area contributed by atoms with Crippen molar-refractivity contribution in [3.05, 3.63) is 194 Å². The molecule has 0 saturated heterocycles. The highest BCUT2D eigenvalue weighted by Crippen LogP contribution is 2.47. The third-order valence-corrected chi connectivity index (χ3v) is 9.34. The molecule has 0 atom stereocenters. The van der Waals surface area contributed by atoms with E-state index in [4.69, 9.17) is 0 Å². The highest BCUT2D eigenvalue weighted by atomic mass is 15.1.